The van der Waals surface area contributed by atoms with Crippen molar-refractivity contribution in [3.63, 3.8) is 0 Å². The van der Waals surface area contributed by atoms with Crippen LogP contribution in [-0.2, 0) is 16.0 Å². The molecule has 3 nitrogen and oxygen atoms in total. The zero-order valence-corrected chi connectivity index (χ0v) is 10.2. The second-order valence-electron chi connectivity index (χ2n) is 3.76. The van der Waals surface area contributed by atoms with Crippen molar-refractivity contribution in [3.8, 4) is 0 Å². The number of nitrogens with zero attached hydrogens (tertiary/aromatic N) is 1. The van der Waals surface area contributed by atoms with Crippen LogP contribution in [0.15, 0.2) is 30.5 Å². The number of aromatic nitrogens is 1. The molecule has 0 bridgehead atoms. The van der Waals surface area contributed by atoms with Gasteiger partial charge in [-0.3, -0.25) is 9.78 Å². The molecule has 88 valence electrons. The van der Waals surface area contributed by atoms with E-state index < -0.39 is 0 Å². The van der Waals surface area contributed by atoms with Crippen LogP contribution in [0.1, 0.15) is 12.0 Å². The molecule has 0 unspecified atom stereocenters. The standard InChI is InChI=1S/C13H12ClNO2/c1-17-13(16)5-3-9-2-4-12-10(6-9)7-11(14)8-15-12/h2,4,6-8H,3,5H2,1H3. The van der Waals surface area contributed by atoms with Gasteiger partial charge >= 0.3 is 5.97 Å². The summed E-state index contributed by atoms with van der Waals surface area (Å²) in [6.45, 7) is 0. The lowest BCUT2D eigenvalue weighted by Crippen LogP contribution is -2.01. The summed E-state index contributed by atoms with van der Waals surface area (Å²) >= 11 is 5.88. The number of ether oxygens (including phenoxy) is 1. The molecule has 1 heterocycles. The van der Waals surface area contributed by atoms with Crippen molar-refractivity contribution in [2.45, 2.75) is 12.8 Å². The Morgan fingerprint density at radius 1 is 1.41 bits per heavy atom. The zero-order valence-electron chi connectivity index (χ0n) is 9.44. The van der Waals surface area contributed by atoms with Gasteiger partial charge in [-0.1, -0.05) is 17.7 Å². The van der Waals surface area contributed by atoms with E-state index in [0.717, 1.165) is 16.5 Å². The van der Waals surface area contributed by atoms with Crippen LogP contribution in [0.5, 0.6) is 0 Å². The van der Waals surface area contributed by atoms with Crippen LogP contribution >= 0.6 is 11.6 Å². The third kappa shape index (κ3) is 2.94. The highest BCUT2D eigenvalue weighted by Gasteiger charge is 2.03. The van der Waals surface area contributed by atoms with Crippen LogP contribution in [-0.4, -0.2) is 18.1 Å². The predicted octanol–water partition coefficient (Wildman–Crippen LogP) is 2.99. The SMILES string of the molecule is COC(=O)CCc1ccc2ncc(Cl)cc2c1. The molecule has 1 aromatic carbocycles. The minimum absolute atomic E-state index is 0.200. The van der Waals surface area contributed by atoms with Crippen LogP contribution in [0.2, 0.25) is 5.02 Å². The average Bonchev–Trinajstić information content (AvgIpc) is 2.35. The van der Waals surface area contributed by atoms with Crippen molar-refractivity contribution in [3.05, 3.63) is 41.0 Å². The number of fused-ring (bicyclic) bond motifs is 1. The first-order chi connectivity index (χ1) is 8.19. The topological polar surface area (TPSA) is 39.2 Å². The predicted molar refractivity (Wildman–Crippen MR) is 67.1 cm³/mol. The highest BCUT2D eigenvalue weighted by molar-refractivity contribution is 6.31. The number of aryl methyl sites for hydroxylation is 1. The quantitative estimate of drug-likeness (QED) is 0.785. The number of esters is 1. The van der Waals surface area contributed by atoms with Gasteiger partial charge < -0.3 is 4.74 Å². The largest absolute Gasteiger partial charge is 0.469 e. The number of carbonyl (C=O) groups is 1. The fraction of sp³-hybridized carbons (Fsp3) is 0.231. The molecule has 4 heteroatoms. The fourth-order valence-electron chi connectivity index (χ4n) is 1.66. The third-order valence-electron chi connectivity index (χ3n) is 2.56. The smallest absolute Gasteiger partial charge is 0.305 e. The lowest BCUT2D eigenvalue weighted by Gasteiger charge is -2.03. The van der Waals surface area contributed by atoms with Crippen LogP contribution in [0, 0.1) is 0 Å². The summed E-state index contributed by atoms with van der Waals surface area (Å²) in [7, 11) is 1.40. The highest BCUT2D eigenvalue weighted by atomic mass is 35.5. The fourth-order valence-corrected chi connectivity index (χ4v) is 1.82. The molecule has 1 aromatic heterocycles. The van der Waals surface area contributed by atoms with Gasteiger partial charge in [-0.2, -0.15) is 0 Å². The minimum atomic E-state index is -0.200. The molecule has 0 saturated carbocycles. The molecule has 2 rings (SSSR count). The summed E-state index contributed by atoms with van der Waals surface area (Å²) in [5.74, 6) is -0.200. The van der Waals surface area contributed by atoms with Crippen molar-refractivity contribution >= 4 is 28.5 Å². The van der Waals surface area contributed by atoms with Gasteiger partial charge in [0.05, 0.1) is 17.6 Å². The molecule has 0 fully saturated rings. The Kier molecular flexibility index (Phi) is 3.59. The first-order valence-electron chi connectivity index (χ1n) is 5.30. The molecule has 0 aliphatic heterocycles. The number of halogens is 1. The number of hydrogen-bond acceptors (Lipinski definition) is 3. The molecule has 0 N–H and O–H groups in total. The molecule has 0 aliphatic carbocycles. The van der Waals surface area contributed by atoms with Crippen molar-refractivity contribution < 1.29 is 9.53 Å². The Morgan fingerprint density at radius 3 is 3.00 bits per heavy atom. The van der Waals surface area contributed by atoms with Crippen molar-refractivity contribution in [2.75, 3.05) is 7.11 Å². The number of carbonyl (C=O) groups excluding carboxylic acids is 1. The molecule has 0 amide bonds. The molecule has 0 atom stereocenters. The normalized spacial score (nSPS) is 10.5. The molecule has 0 aliphatic rings. The summed E-state index contributed by atoms with van der Waals surface area (Å²) in [4.78, 5) is 15.3. The van der Waals surface area contributed by atoms with Crippen LogP contribution < -0.4 is 0 Å². The van der Waals surface area contributed by atoms with Gasteiger partial charge in [0.25, 0.3) is 0 Å². The van der Waals surface area contributed by atoms with Gasteiger partial charge in [0.15, 0.2) is 0 Å². The molecule has 2 aromatic rings. The third-order valence-corrected chi connectivity index (χ3v) is 2.76. The van der Waals surface area contributed by atoms with E-state index in [1.807, 2.05) is 24.3 Å². The summed E-state index contributed by atoms with van der Waals surface area (Å²) in [5, 5.41) is 1.60. The van der Waals surface area contributed by atoms with E-state index in [2.05, 4.69) is 9.72 Å². The Bertz CT molecular complexity index is 554. The van der Waals surface area contributed by atoms with Gasteiger partial charge in [-0.15, -0.1) is 0 Å². The summed E-state index contributed by atoms with van der Waals surface area (Å²) < 4.78 is 4.61. The van der Waals surface area contributed by atoms with Gasteiger partial charge in [0.1, 0.15) is 0 Å². The van der Waals surface area contributed by atoms with Gasteiger partial charge in [-0.05, 0) is 30.2 Å². The number of methoxy groups -OCH3 is 1. The Balaban J connectivity index is 2.22. The Morgan fingerprint density at radius 2 is 2.24 bits per heavy atom. The van der Waals surface area contributed by atoms with Crippen molar-refractivity contribution in [1.82, 2.24) is 4.98 Å². The highest BCUT2D eigenvalue weighted by Crippen LogP contribution is 2.18. The summed E-state index contributed by atoms with van der Waals surface area (Å²) in [6, 6.07) is 7.76. The second-order valence-corrected chi connectivity index (χ2v) is 4.19. The monoisotopic (exact) mass is 249 g/mol. The van der Waals surface area contributed by atoms with E-state index in [-0.39, 0.29) is 5.97 Å². The van der Waals surface area contributed by atoms with E-state index in [1.165, 1.54) is 7.11 Å². The van der Waals surface area contributed by atoms with Crippen molar-refractivity contribution in [1.29, 1.82) is 0 Å². The van der Waals surface area contributed by atoms with Crippen LogP contribution in [0.25, 0.3) is 10.9 Å². The molecular weight excluding hydrogens is 238 g/mol. The van der Waals surface area contributed by atoms with E-state index in [4.69, 9.17) is 11.6 Å². The van der Waals surface area contributed by atoms with Crippen LogP contribution in [0.4, 0.5) is 0 Å². The molecular formula is C13H12ClNO2. The Labute approximate surface area is 104 Å². The molecule has 0 spiro atoms. The lowest BCUT2D eigenvalue weighted by molar-refractivity contribution is -0.140. The maximum absolute atomic E-state index is 11.0. The molecule has 0 radical (unpaired) electrons. The summed E-state index contributed by atoms with van der Waals surface area (Å²) in [6.07, 6.45) is 2.67. The van der Waals surface area contributed by atoms with Gasteiger partial charge in [0.2, 0.25) is 0 Å². The number of hydrogen-bond donors (Lipinski definition) is 0. The molecule has 0 saturated heterocycles. The number of pyridine rings is 1. The zero-order chi connectivity index (χ0) is 12.3. The van der Waals surface area contributed by atoms with Crippen molar-refractivity contribution in [2.24, 2.45) is 0 Å². The number of benzene rings is 1. The van der Waals surface area contributed by atoms with Crippen LogP contribution in [0.3, 0.4) is 0 Å². The van der Waals surface area contributed by atoms with Gasteiger partial charge in [-0.25, -0.2) is 0 Å². The number of rotatable bonds is 3. The first-order valence-corrected chi connectivity index (χ1v) is 5.68. The summed E-state index contributed by atoms with van der Waals surface area (Å²) in [5.41, 5.74) is 1.98. The van der Waals surface area contributed by atoms with E-state index in [0.29, 0.717) is 17.9 Å². The Hall–Kier alpha value is -1.61. The minimum Gasteiger partial charge on any atom is -0.469 e. The first kappa shape index (κ1) is 11.9. The van der Waals surface area contributed by atoms with Gasteiger partial charge in [0, 0.05) is 18.0 Å². The molecule has 17 heavy (non-hydrogen) atoms. The lowest BCUT2D eigenvalue weighted by atomic mass is 10.1. The van der Waals surface area contributed by atoms with E-state index in [1.54, 1.807) is 6.20 Å². The van der Waals surface area contributed by atoms with E-state index in [9.17, 15) is 4.79 Å². The van der Waals surface area contributed by atoms with E-state index >= 15 is 0 Å². The maximum Gasteiger partial charge on any atom is 0.305 e. The maximum atomic E-state index is 11.0. The average molecular weight is 250 g/mol. The second kappa shape index (κ2) is 5.15.